The van der Waals surface area contributed by atoms with Crippen molar-refractivity contribution in [3.8, 4) is 0 Å². The molecule has 0 radical (unpaired) electrons. The van der Waals surface area contributed by atoms with Gasteiger partial charge in [-0.3, -0.25) is 14.3 Å². The molecule has 0 bridgehead atoms. The molecule has 0 unspecified atom stereocenters. The van der Waals surface area contributed by atoms with Crippen LogP contribution in [0.5, 0.6) is 0 Å². The number of aromatic nitrogens is 2. The van der Waals surface area contributed by atoms with Gasteiger partial charge >= 0.3 is 5.97 Å². The Morgan fingerprint density at radius 2 is 2.05 bits per heavy atom. The average Bonchev–Trinajstić information content (AvgIpc) is 2.75. The number of aliphatic carboxylic acids is 1. The van der Waals surface area contributed by atoms with Gasteiger partial charge < -0.3 is 10.0 Å². The second kappa shape index (κ2) is 5.86. The third kappa shape index (κ3) is 4.08. The van der Waals surface area contributed by atoms with Crippen molar-refractivity contribution >= 4 is 11.9 Å². The van der Waals surface area contributed by atoms with E-state index in [0.29, 0.717) is 18.5 Å². The van der Waals surface area contributed by atoms with Gasteiger partial charge in [0, 0.05) is 12.7 Å². The third-order valence-electron chi connectivity index (χ3n) is 2.62. The molecule has 1 amide bonds. The van der Waals surface area contributed by atoms with E-state index in [4.69, 9.17) is 5.11 Å². The molecule has 1 aromatic heterocycles. The molecule has 1 N–H and O–H groups in total. The summed E-state index contributed by atoms with van der Waals surface area (Å²) in [5.41, 5.74) is 0.214. The lowest BCUT2D eigenvalue weighted by Crippen LogP contribution is -2.36. The summed E-state index contributed by atoms with van der Waals surface area (Å²) in [4.78, 5) is 24.3. The Hall–Kier alpha value is -1.85. The molecule has 6 nitrogen and oxygen atoms in total. The van der Waals surface area contributed by atoms with E-state index in [2.05, 4.69) is 5.10 Å². The van der Waals surface area contributed by atoms with Crippen LogP contribution in [0.4, 0.5) is 0 Å². The van der Waals surface area contributed by atoms with E-state index in [1.165, 1.54) is 11.1 Å². The zero-order chi connectivity index (χ0) is 14.6. The molecule has 0 saturated heterocycles. The molecule has 1 rings (SSSR count). The molecule has 0 aromatic carbocycles. The van der Waals surface area contributed by atoms with E-state index < -0.39 is 5.97 Å². The van der Waals surface area contributed by atoms with Crippen molar-refractivity contribution in [1.29, 1.82) is 0 Å². The Bertz CT molecular complexity index is 460. The average molecular weight is 267 g/mol. The summed E-state index contributed by atoms with van der Waals surface area (Å²) in [5, 5.41) is 13.0. The smallest absolute Gasteiger partial charge is 0.323 e. The van der Waals surface area contributed by atoms with Crippen molar-refractivity contribution < 1.29 is 14.7 Å². The number of hydrogen-bond donors (Lipinski definition) is 1. The molecular formula is C13H21N3O3. The summed E-state index contributed by atoms with van der Waals surface area (Å²) in [6.45, 7) is 7.99. The summed E-state index contributed by atoms with van der Waals surface area (Å²) in [5.74, 6) is -1.30. The van der Waals surface area contributed by atoms with Gasteiger partial charge in [0.05, 0.1) is 17.3 Å². The summed E-state index contributed by atoms with van der Waals surface area (Å²) >= 11 is 0. The molecule has 0 aliphatic rings. The van der Waals surface area contributed by atoms with Crippen molar-refractivity contribution in [2.75, 3.05) is 13.1 Å². The number of carbonyl (C=O) groups excluding carboxylic acids is 1. The minimum absolute atomic E-state index is 0.207. The number of rotatable bonds is 5. The van der Waals surface area contributed by atoms with Gasteiger partial charge in [-0.2, -0.15) is 5.10 Å². The van der Waals surface area contributed by atoms with Crippen LogP contribution in [0.2, 0.25) is 0 Å². The van der Waals surface area contributed by atoms with Crippen LogP contribution < -0.4 is 0 Å². The first-order valence-electron chi connectivity index (χ1n) is 6.32. The Kier molecular flexibility index (Phi) is 4.69. The SMILES string of the molecule is CCCN(CC(=O)O)C(=O)c1cnn(C(C)(C)C)c1. The van der Waals surface area contributed by atoms with Gasteiger partial charge in [0.25, 0.3) is 5.91 Å². The summed E-state index contributed by atoms with van der Waals surface area (Å²) in [7, 11) is 0. The first-order valence-corrected chi connectivity index (χ1v) is 6.32. The maximum absolute atomic E-state index is 12.2. The van der Waals surface area contributed by atoms with E-state index in [1.807, 2.05) is 27.7 Å². The van der Waals surface area contributed by atoms with Crippen LogP contribution in [0.3, 0.4) is 0 Å². The minimum atomic E-state index is -1.01. The van der Waals surface area contributed by atoms with E-state index in [0.717, 1.165) is 0 Å². The van der Waals surface area contributed by atoms with E-state index in [1.54, 1.807) is 10.9 Å². The molecule has 19 heavy (non-hydrogen) atoms. The quantitative estimate of drug-likeness (QED) is 0.878. The predicted molar refractivity (Wildman–Crippen MR) is 71.1 cm³/mol. The molecule has 1 heterocycles. The Morgan fingerprint density at radius 1 is 1.42 bits per heavy atom. The van der Waals surface area contributed by atoms with Gasteiger partial charge in [0.15, 0.2) is 0 Å². The van der Waals surface area contributed by atoms with Crippen molar-refractivity contribution in [2.24, 2.45) is 0 Å². The first kappa shape index (κ1) is 15.2. The van der Waals surface area contributed by atoms with Crippen LogP contribution in [0, 0.1) is 0 Å². The van der Waals surface area contributed by atoms with E-state index >= 15 is 0 Å². The summed E-state index contributed by atoms with van der Waals surface area (Å²) in [6.07, 6.45) is 3.86. The fourth-order valence-electron chi connectivity index (χ4n) is 1.67. The molecule has 0 fully saturated rings. The van der Waals surface area contributed by atoms with Gasteiger partial charge in [-0.25, -0.2) is 0 Å². The molecular weight excluding hydrogens is 246 g/mol. The highest BCUT2D eigenvalue weighted by Gasteiger charge is 2.21. The molecule has 106 valence electrons. The predicted octanol–water partition coefficient (Wildman–Crippen LogP) is 1.57. The fraction of sp³-hybridized carbons (Fsp3) is 0.615. The van der Waals surface area contributed by atoms with Crippen LogP contribution in [-0.4, -0.2) is 44.8 Å². The number of carboxylic acids is 1. The molecule has 6 heteroatoms. The van der Waals surface area contributed by atoms with Crippen LogP contribution in [-0.2, 0) is 10.3 Å². The normalized spacial score (nSPS) is 11.4. The van der Waals surface area contributed by atoms with Crippen molar-refractivity contribution in [3.05, 3.63) is 18.0 Å². The van der Waals surface area contributed by atoms with Crippen LogP contribution in [0.1, 0.15) is 44.5 Å². The zero-order valence-electron chi connectivity index (χ0n) is 11.9. The van der Waals surface area contributed by atoms with Gasteiger partial charge in [0.2, 0.25) is 0 Å². The van der Waals surface area contributed by atoms with Gasteiger partial charge in [0.1, 0.15) is 6.54 Å². The largest absolute Gasteiger partial charge is 0.480 e. The zero-order valence-corrected chi connectivity index (χ0v) is 11.9. The number of amides is 1. The Morgan fingerprint density at radius 3 is 2.47 bits per heavy atom. The lowest BCUT2D eigenvalue weighted by atomic mass is 10.1. The first-order chi connectivity index (χ1) is 8.75. The molecule has 0 saturated carbocycles. The number of hydrogen-bond acceptors (Lipinski definition) is 3. The fourth-order valence-corrected chi connectivity index (χ4v) is 1.67. The lowest BCUT2D eigenvalue weighted by Gasteiger charge is -2.20. The van der Waals surface area contributed by atoms with Crippen molar-refractivity contribution in [2.45, 2.75) is 39.7 Å². The Labute approximate surface area is 113 Å². The van der Waals surface area contributed by atoms with Crippen LogP contribution >= 0.6 is 0 Å². The number of carboxylic acid groups (broad SMARTS) is 1. The highest BCUT2D eigenvalue weighted by atomic mass is 16.4. The molecule has 1 aromatic rings. The molecule has 0 aliphatic carbocycles. The van der Waals surface area contributed by atoms with Crippen LogP contribution in [0.15, 0.2) is 12.4 Å². The Balaban J connectivity index is 2.90. The third-order valence-corrected chi connectivity index (χ3v) is 2.62. The summed E-state index contributed by atoms with van der Waals surface area (Å²) in [6, 6.07) is 0. The maximum atomic E-state index is 12.2. The summed E-state index contributed by atoms with van der Waals surface area (Å²) < 4.78 is 1.70. The van der Waals surface area contributed by atoms with Crippen molar-refractivity contribution in [1.82, 2.24) is 14.7 Å². The van der Waals surface area contributed by atoms with Gasteiger partial charge in [-0.1, -0.05) is 6.92 Å². The molecule has 0 atom stereocenters. The van der Waals surface area contributed by atoms with Gasteiger partial charge in [-0.05, 0) is 27.2 Å². The maximum Gasteiger partial charge on any atom is 0.323 e. The second-order valence-corrected chi connectivity index (χ2v) is 5.46. The minimum Gasteiger partial charge on any atom is -0.480 e. The second-order valence-electron chi connectivity index (χ2n) is 5.46. The topological polar surface area (TPSA) is 75.4 Å². The highest BCUT2D eigenvalue weighted by Crippen LogP contribution is 2.14. The molecule has 0 spiro atoms. The molecule has 0 aliphatic heterocycles. The highest BCUT2D eigenvalue weighted by molar-refractivity contribution is 5.95. The monoisotopic (exact) mass is 267 g/mol. The standard InChI is InChI=1S/C13H21N3O3/c1-5-6-15(9-11(17)18)12(19)10-7-14-16(8-10)13(2,3)4/h7-8H,5-6,9H2,1-4H3,(H,17,18). The van der Waals surface area contributed by atoms with Crippen molar-refractivity contribution in [3.63, 3.8) is 0 Å². The van der Waals surface area contributed by atoms with Crippen LogP contribution in [0.25, 0.3) is 0 Å². The van der Waals surface area contributed by atoms with E-state index in [9.17, 15) is 9.59 Å². The van der Waals surface area contributed by atoms with E-state index in [-0.39, 0.29) is 18.0 Å². The number of carbonyl (C=O) groups is 2. The van der Waals surface area contributed by atoms with Gasteiger partial charge in [-0.15, -0.1) is 0 Å². The lowest BCUT2D eigenvalue weighted by molar-refractivity contribution is -0.137. The number of nitrogens with zero attached hydrogens (tertiary/aromatic N) is 3.